The molecule has 4 heterocycles. The fourth-order valence-corrected chi connectivity index (χ4v) is 4.07. The Balaban J connectivity index is 1.50. The molecule has 2 fully saturated rings. The fraction of sp³-hybridized carbons (Fsp3) is 0.611. The van der Waals surface area contributed by atoms with E-state index in [2.05, 4.69) is 10.1 Å². The maximum Gasteiger partial charge on any atom is 0.255 e. The molecule has 2 aromatic rings. The molecule has 0 radical (unpaired) electrons. The molecule has 2 aliphatic rings. The van der Waals surface area contributed by atoms with Gasteiger partial charge in [0.1, 0.15) is 17.2 Å². The van der Waals surface area contributed by atoms with E-state index in [9.17, 15) is 15.0 Å². The smallest absolute Gasteiger partial charge is 0.255 e. The third-order valence-electron chi connectivity index (χ3n) is 5.83. The summed E-state index contributed by atoms with van der Waals surface area (Å²) in [5.41, 5.74) is 0.157. The number of carbonyl (C=O) groups excluding carboxylic acids is 1. The Morgan fingerprint density at radius 3 is 2.77 bits per heavy atom. The standard InChI is InChI=1S/C18H24N4O4/c1-17(25)5-8-26-18(16(17)24)3-6-22(7-4-18)15(23)12-9-14-13(19-10-12)11-20-21(14)2/h9-11,16,24-25H,3-8H2,1-2H3/t16-,17+/m0/s1. The van der Waals surface area contributed by atoms with Crippen LogP contribution in [0.4, 0.5) is 0 Å². The van der Waals surface area contributed by atoms with Crippen molar-refractivity contribution in [2.75, 3.05) is 19.7 Å². The molecule has 26 heavy (non-hydrogen) atoms. The molecule has 0 bridgehead atoms. The zero-order valence-corrected chi connectivity index (χ0v) is 15.1. The number of hydrogen-bond acceptors (Lipinski definition) is 6. The van der Waals surface area contributed by atoms with Crippen LogP contribution in [-0.2, 0) is 11.8 Å². The summed E-state index contributed by atoms with van der Waals surface area (Å²) >= 11 is 0. The van der Waals surface area contributed by atoms with Gasteiger partial charge in [0.2, 0.25) is 0 Å². The van der Waals surface area contributed by atoms with E-state index < -0.39 is 17.3 Å². The maximum atomic E-state index is 12.9. The number of likely N-dealkylation sites (tertiary alicyclic amines) is 1. The Kier molecular flexibility index (Phi) is 4.02. The normalized spacial score (nSPS) is 28.6. The lowest BCUT2D eigenvalue weighted by Gasteiger charge is -2.51. The number of aromatic nitrogens is 3. The van der Waals surface area contributed by atoms with Gasteiger partial charge >= 0.3 is 0 Å². The minimum atomic E-state index is -1.15. The van der Waals surface area contributed by atoms with Crippen molar-refractivity contribution in [1.29, 1.82) is 0 Å². The molecule has 1 amide bonds. The molecular formula is C18H24N4O4. The number of aliphatic hydroxyl groups is 2. The van der Waals surface area contributed by atoms with Crippen LogP contribution in [0.5, 0.6) is 0 Å². The predicted molar refractivity (Wildman–Crippen MR) is 93.6 cm³/mol. The second kappa shape index (κ2) is 6.00. The van der Waals surface area contributed by atoms with Gasteiger partial charge in [0.05, 0.1) is 29.5 Å². The van der Waals surface area contributed by atoms with Crippen LogP contribution < -0.4 is 0 Å². The molecule has 140 valence electrons. The van der Waals surface area contributed by atoms with E-state index in [0.717, 1.165) is 11.0 Å². The summed E-state index contributed by atoms with van der Waals surface area (Å²) in [7, 11) is 1.82. The van der Waals surface area contributed by atoms with E-state index in [0.29, 0.717) is 44.5 Å². The van der Waals surface area contributed by atoms with Crippen LogP contribution >= 0.6 is 0 Å². The first-order valence-electron chi connectivity index (χ1n) is 8.94. The summed E-state index contributed by atoms with van der Waals surface area (Å²) in [6.45, 7) is 3.00. The van der Waals surface area contributed by atoms with Gasteiger partial charge in [-0.1, -0.05) is 0 Å². The van der Waals surface area contributed by atoms with E-state index >= 15 is 0 Å². The number of pyridine rings is 1. The first-order valence-corrected chi connectivity index (χ1v) is 8.94. The second-order valence-corrected chi connectivity index (χ2v) is 7.61. The highest BCUT2D eigenvalue weighted by Crippen LogP contribution is 2.40. The van der Waals surface area contributed by atoms with E-state index in [1.807, 2.05) is 7.05 Å². The monoisotopic (exact) mass is 360 g/mol. The molecule has 2 aliphatic heterocycles. The minimum Gasteiger partial charge on any atom is -0.387 e. The van der Waals surface area contributed by atoms with Crippen LogP contribution in [0, 0.1) is 0 Å². The third kappa shape index (κ3) is 2.69. The number of aryl methyl sites for hydroxylation is 1. The summed E-state index contributed by atoms with van der Waals surface area (Å²) < 4.78 is 7.57. The third-order valence-corrected chi connectivity index (χ3v) is 5.83. The van der Waals surface area contributed by atoms with Gasteiger partial charge in [0.25, 0.3) is 5.91 Å². The van der Waals surface area contributed by atoms with Crippen molar-refractivity contribution in [2.24, 2.45) is 7.05 Å². The van der Waals surface area contributed by atoms with Crippen LogP contribution in [0.25, 0.3) is 11.0 Å². The van der Waals surface area contributed by atoms with E-state index in [1.54, 1.807) is 35.0 Å². The zero-order valence-electron chi connectivity index (χ0n) is 15.1. The van der Waals surface area contributed by atoms with Gasteiger partial charge in [0.15, 0.2) is 0 Å². The number of rotatable bonds is 1. The van der Waals surface area contributed by atoms with E-state index in [4.69, 9.17) is 4.74 Å². The summed E-state index contributed by atoms with van der Waals surface area (Å²) in [4.78, 5) is 18.9. The Hall–Kier alpha value is -2.03. The molecule has 2 aromatic heterocycles. The van der Waals surface area contributed by atoms with Crippen molar-refractivity contribution in [2.45, 2.75) is 43.5 Å². The Morgan fingerprint density at radius 1 is 1.31 bits per heavy atom. The average Bonchev–Trinajstić information content (AvgIpc) is 3.00. The number of ether oxygens (including phenoxy) is 1. The van der Waals surface area contributed by atoms with Gasteiger partial charge in [-0.2, -0.15) is 5.10 Å². The van der Waals surface area contributed by atoms with Crippen molar-refractivity contribution in [1.82, 2.24) is 19.7 Å². The van der Waals surface area contributed by atoms with Crippen LogP contribution in [-0.4, -0.2) is 72.8 Å². The van der Waals surface area contributed by atoms with Gasteiger partial charge in [-0.15, -0.1) is 0 Å². The van der Waals surface area contributed by atoms with E-state index in [-0.39, 0.29) is 5.91 Å². The highest BCUT2D eigenvalue weighted by Gasteiger charge is 2.52. The molecule has 1 spiro atoms. The highest BCUT2D eigenvalue weighted by molar-refractivity contribution is 5.96. The van der Waals surface area contributed by atoms with Crippen LogP contribution in [0.15, 0.2) is 18.5 Å². The summed E-state index contributed by atoms with van der Waals surface area (Å²) in [5, 5.41) is 25.1. The number of carbonyl (C=O) groups is 1. The minimum absolute atomic E-state index is 0.0903. The van der Waals surface area contributed by atoms with Crippen molar-refractivity contribution in [3.8, 4) is 0 Å². The SMILES string of the molecule is Cn1ncc2ncc(C(=O)N3CCC4(CC3)OCC[C@@](C)(O)[C@@H]4O)cc21. The maximum absolute atomic E-state index is 12.9. The van der Waals surface area contributed by atoms with Crippen LogP contribution in [0.2, 0.25) is 0 Å². The number of nitrogens with zero attached hydrogens (tertiary/aromatic N) is 4. The number of piperidine rings is 1. The fourth-order valence-electron chi connectivity index (χ4n) is 4.07. The Bertz CT molecular complexity index is 839. The number of amides is 1. The number of fused-ring (bicyclic) bond motifs is 1. The molecule has 0 saturated carbocycles. The summed E-state index contributed by atoms with van der Waals surface area (Å²) in [6, 6.07) is 1.80. The predicted octanol–water partition coefficient (Wildman–Crippen LogP) is 0.475. The van der Waals surface area contributed by atoms with Crippen molar-refractivity contribution in [3.05, 3.63) is 24.0 Å². The van der Waals surface area contributed by atoms with E-state index in [1.165, 1.54) is 0 Å². The number of hydrogen-bond donors (Lipinski definition) is 2. The molecule has 8 heteroatoms. The lowest BCUT2D eigenvalue weighted by Crippen LogP contribution is -2.64. The lowest BCUT2D eigenvalue weighted by molar-refractivity contribution is -0.244. The largest absolute Gasteiger partial charge is 0.387 e. The topological polar surface area (TPSA) is 101 Å². The first kappa shape index (κ1) is 17.4. The van der Waals surface area contributed by atoms with Gasteiger partial charge < -0.3 is 19.8 Å². The van der Waals surface area contributed by atoms with Gasteiger partial charge in [-0.3, -0.25) is 14.5 Å². The van der Waals surface area contributed by atoms with Crippen molar-refractivity contribution < 1.29 is 19.7 Å². The van der Waals surface area contributed by atoms with Gasteiger partial charge in [-0.25, -0.2) is 0 Å². The molecule has 2 saturated heterocycles. The van der Waals surface area contributed by atoms with Crippen molar-refractivity contribution in [3.63, 3.8) is 0 Å². The zero-order chi connectivity index (χ0) is 18.5. The van der Waals surface area contributed by atoms with Crippen molar-refractivity contribution >= 4 is 16.9 Å². The Morgan fingerprint density at radius 2 is 2.04 bits per heavy atom. The van der Waals surface area contributed by atoms with Gasteiger partial charge in [0, 0.05) is 32.8 Å². The quantitative estimate of drug-likeness (QED) is 0.767. The molecule has 0 unspecified atom stereocenters. The molecular weight excluding hydrogens is 336 g/mol. The molecule has 0 aromatic carbocycles. The summed E-state index contributed by atoms with van der Waals surface area (Å²) in [5.74, 6) is -0.0903. The highest BCUT2D eigenvalue weighted by atomic mass is 16.5. The summed E-state index contributed by atoms with van der Waals surface area (Å²) in [6.07, 6.45) is 3.70. The molecule has 4 rings (SSSR count). The molecule has 0 aliphatic carbocycles. The second-order valence-electron chi connectivity index (χ2n) is 7.61. The average molecular weight is 360 g/mol. The molecule has 8 nitrogen and oxygen atoms in total. The molecule has 2 N–H and O–H groups in total. The number of aliphatic hydroxyl groups excluding tert-OH is 1. The van der Waals surface area contributed by atoms with Gasteiger partial charge in [-0.05, 0) is 25.8 Å². The van der Waals surface area contributed by atoms with Crippen LogP contribution in [0.3, 0.4) is 0 Å². The van der Waals surface area contributed by atoms with Crippen LogP contribution in [0.1, 0.15) is 36.5 Å². The molecule has 2 atom stereocenters. The lowest BCUT2D eigenvalue weighted by atomic mass is 9.75. The Labute approximate surface area is 151 Å². The first-order chi connectivity index (χ1) is 12.3.